The molecule has 32 heavy (non-hydrogen) atoms. The Hall–Kier alpha value is -1.58. The predicted octanol–water partition coefficient (Wildman–Crippen LogP) is 5.62. The van der Waals surface area contributed by atoms with Crippen LogP contribution in [-0.2, 0) is 0 Å². The fourth-order valence-electron chi connectivity index (χ4n) is 6.55. The van der Waals surface area contributed by atoms with Crippen LogP contribution in [0.25, 0.3) is 0 Å². The normalized spacial score (nSPS) is 18.7. The van der Waals surface area contributed by atoms with Crippen molar-refractivity contribution in [3.63, 3.8) is 0 Å². The van der Waals surface area contributed by atoms with Crippen molar-refractivity contribution in [1.82, 2.24) is 3.12 Å². The maximum atomic E-state index is 3.23. The summed E-state index contributed by atoms with van der Waals surface area (Å²) < 4.78 is 8.09. The fourth-order valence-corrected chi connectivity index (χ4v) is 22.3. The third-order valence-corrected chi connectivity index (χ3v) is 22.2. The zero-order valence-corrected chi connectivity index (χ0v) is 22.2. The molecule has 0 amide bonds. The molecule has 0 radical (unpaired) electrons. The molecule has 0 spiro atoms. The van der Waals surface area contributed by atoms with Crippen molar-refractivity contribution < 1.29 is 0 Å². The molecule has 3 aromatic rings. The van der Waals surface area contributed by atoms with E-state index in [4.69, 9.17) is 0 Å². The SMILES string of the molecule is c1cc[c]([Sn]([c]2ccccc2)([c]2ccccc2)[N](C2CCCCC2)C2CCCCC2)cc1. The first-order chi connectivity index (χ1) is 15.9. The molecule has 3 aromatic carbocycles. The van der Waals surface area contributed by atoms with Crippen LogP contribution in [0.4, 0.5) is 0 Å². The molecule has 2 heteroatoms. The van der Waals surface area contributed by atoms with Crippen LogP contribution in [-0.4, -0.2) is 33.9 Å². The minimum atomic E-state index is -3.49. The molecule has 0 heterocycles. The average Bonchev–Trinajstić information content (AvgIpc) is 2.90. The molecule has 2 aliphatic rings. The van der Waals surface area contributed by atoms with Gasteiger partial charge in [0.1, 0.15) is 0 Å². The molecular formula is C30H37NSn. The van der Waals surface area contributed by atoms with Crippen LogP contribution in [0.2, 0.25) is 0 Å². The van der Waals surface area contributed by atoms with E-state index in [1.54, 1.807) is 10.7 Å². The van der Waals surface area contributed by atoms with Crippen LogP contribution < -0.4 is 10.7 Å². The van der Waals surface area contributed by atoms with Gasteiger partial charge >= 0.3 is 200 Å². The zero-order chi connectivity index (χ0) is 21.6. The Morgan fingerprint density at radius 2 is 0.750 bits per heavy atom. The number of rotatable bonds is 6. The Kier molecular flexibility index (Phi) is 7.34. The molecule has 0 atom stereocenters. The summed E-state index contributed by atoms with van der Waals surface area (Å²) in [6.45, 7) is 0. The van der Waals surface area contributed by atoms with Gasteiger partial charge in [-0.25, -0.2) is 0 Å². The Morgan fingerprint density at radius 1 is 0.438 bits per heavy atom. The van der Waals surface area contributed by atoms with E-state index in [1.165, 1.54) is 64.2 Å². The molecule has 0 bridgehead atoms. The molecule has 1 nitrogen and oxygen atoms in total. The summed E-state index contributed by atoms with van der Waals surface area (Å²) in [6.07, 6.45) is 13.9. The summed E-state index contributed by atoms with van der Waals surface area (Å²) in [5, 5.41) is 0. The van der Waals surface area contributed by atoms with Gasteiger partial charge in [-0.1, -0.05) is 0 Å². The molecule has 2 aliphatic carbocycles. The molecule has 0 unspecified atom stereocenters. The van der Waals surface area contributed by atoms with Gasteiger partial charge in [-0.2, -0.15) is 0 Å². The van der Waals surface area contributed by atoms with Gasteiger partial charge < -0.3 is 0 Å². The van der Waals surface area contributed by atoms with Gasteiger partial charge in [0, 0.05) is 0 Å². The van der Waals surface area contributed by atoms with Gasteiger partial charge in [0.05, 0.1) is 0 Å². The molecule has 0 aromatic heterocycles. The molecule has 0 saturated heterocycles. The first kappa shape index (κ1) is 22.2. The number of hydrogen-bond donors (Lipinski definition) is 0. The Morgan fingerprint density at radius 3 is 1.06 bits per heavy atom. The monoisotopic (exact) mass is 531 g/mol. The molecule has 166 valence electrons. The number of nitrogens with zero attached hydrogens (tertiary/aromatic N) is 1. The van der Waals surface area contributed by atoms with E-state index in [0.29, 0.717) is 0 Å². The second-order valence-corrected chi connectivity index (χ2v) is 20.3. The molecule has 2 saturated carbocycles. The Balaban J connectivity index is 1.79. The summed E-state index contributed by atoms with van der Waals surface area (Å²) >= 11 is -3.49. The van der Waals surface area contributed by atoms with Crippen LogP contribution >= 0.6 is 0 Å². The standard InChI is InChI=1S/C12H22N.3C6H5.Sn/c1-3-7-11(8-4-1)13-12-9-5-2-6-10-12;3*1-2-4-6-5-3-1;/h11-12H,1-10H2;3*1-5H;/q-1;;;;+1. The van der Waals surface area contributed by atoms with Gasteiger partial charge in [-0.3, -0.25) is 0 Å². The van der Waals surface area contributed by atoms with Gasteiger partial charge in [-0.15, -0.1) is 0 Å². The van der Waals surface area contributed by atoms with Crippen molar-refractivity contribution in [3.8, 4) is 0 Å². The van der Waals surface area contributed by atoms with Crippen LogP contribution in [0.5, 0.6) is 0 Å². The fraction of sp³-hybridized carbons (Fsp3) is 0.400. The van der Waals surface area contributed by atoms with Crippen molar-refractivity contribution in [2.45, 2.75) is 76.3 Å². The van der Waals surface area contributed by atoms with E-state index in [9.17, 15) is 0 Å². The first-order valence-corrected chi connectivity index (χ1v) is 18.4. The van der Waals surface area contributed by atoms with Crippen LogP contribution in [0.15, 0.2) is 91.0 Å². The minimum absolute atomic E-state index is 0.725. The Bertz CT molecular complexity index is 829. The molecule has 0 N–H and O–H groups in total. The summed E-state index contributed by atoms with van der Waals surface area (Å²) in [7, 11) is 0. The van der Waals surface area contributed by atoms with E-state index in [0.717, 1.165) is 12.1 Å². The molecule has 5 rings (SSSR count). The molecule has 2 fully saturated rings. The number of benzene rings is 3. The zero-order valence-electron chi connectivity index (χ0n) is 19.3. The van der Waals surface area contributed by atoms with E-state index in [1.807, 2.05) is 0 Å². The van der Waals surface area contributed by atoms with E-state index in [2.05, 4.69) is 94.1 Å². The third kappa shape index (κ3) is 4.31. The van der Waals surface area contributed by atoms with Crippen molar-refractivity contribution in [2.75, 3.05) is 0 Å². The van der Waals surface area contributed by atoms with Crippen LogP contribution in [0.1, 0.15) is 64.2 Å². The van der Waals surface area contributed by atoms with Crippen molar-refractivity contribution in [1.29, 1.82) is 0 Å². The first-order valence-electron chi connectivity index (χ1n) is 12.9. The van der Waals surface area contributed by atoms with Crippen molar-refractivity contribution in [3.05, 3.63) is 91.0 Å². The van der Waals surface area contributed by atoms with Crippen molar-refractivity contribution in [2.24, 2.45) is 0 Å². The second-order valence-electron chi connectivity index (χ2n) is 9.80. The molecular weight excluding hydrogens is 493 g/mol. The summed E-state index contributed by atoms with van der Waals surface area (Å²) in [5.74, 6) is 0. The van der Waals surface area contributed by atoms with Gasteiger partial charge in [0.15, 0.2) is 0 Å². The maximum absolute atomic E-state index is 3.49. The topological polar surface area (TPSA) is 3.24 Å². The summed E-state index contributed by atoms with van der Waals surface area (Å²) in [5.41, 5.74) is 0. The average molecular weight is 530 g/mol. The van der Waals surface area contributed by atoms with Gasteiger partial charge in [0.2, 0.25) is 0 Å². The van der Waals surface area contributed by atoms with Gasteiger partial charge in [-0.05, 0) is 0 Å². The summed E-state index contributed by atoms with van der Waals surface area (Å²) in [6, 6.07) is 36.5. The number of hydrogen-bond acceptors (Lipinski definition) is 1. The van der Waals surface area contributed by atoms with Crippen LogP contribution in [0.3, 0.4) is 0 Å². The Labute approximate surface area is 199 Å². The summed E-state index contributed by atoms with van der Waals surface area (Å²) in [4.78, 5) is 0. The van der Waals surface area contributed by atoms with Gasteiger partial charge in [0.25, 0.3) is 0 Å². The van der Waals surface area contributed by atoms with E-state index < -0.39 is 18.7 Å². The quantitative estimate of drug-likeness (QED) is 0.374. The molecule has 0 aliphatic heterocycles. The second kappa shape index (κ2) is 10.6. The van der Waals surface area contributed by atoms with E-state index >= 15 is 0 Å². The van der Waals surface area contributed by atoms with Crippen molar-refractivity contribution >= 4 is 29.4 Å². The third-order valence-electron chi connectivity index (χ3n) is 7.90. The predicted molar refractivity (Wildman–Crippen MR) is 140 cm³/mol. The van der Waals surface area contributed by atoms with E-state index in [-0.39, 0.29) is 0 Å². The van der Waals surface area contributed by atoms with Crippen LogP contribution in [0, 0.1) is 0 Å².